The summed E-state index contributed by atoms with van der Waals surface area (Å²) < 4.78 is 5.74. The zero-order chi connectivity index (χ0) is 17.7. The first kappa shape index (κ1) is 18.2. The zero-order valence-corrected chi connectivity index (χ0v) is 15.5. The van der Waals surface area contributed by atoms with Crippen LogP contribution < -0.4 is 5.32 Å². The van der Waals surface area contributed by atoms with E-state index in [2.05, 4.69) is 26.4 Å². The van der Waals surface area contributed by atoms with Crippen molar-refractivity contribution in [2.75, 3.05) is 11.9 Å². The lowest BCUT2D eigenvalue weighted by Gasteiger charge is -2.28. The van der Waals surface area contributed by atoms with Gasteiger partial charge in [0.05, 0.1) is 0 Å². The molecule has 2 aromatic rings. The number of carbonyl (C=O) groups is 2. The monoisotopic (exact) mass is 393 g/mol. The standard InChI is InChI=1S/C17H20BrN3O3/c1-4-11(2)21(17(23)13-6-5-7-14(18)9-13)10-16(22)19-15-8-12(3)24-20-15/h5-9,11H,4,10H2,1-3H3,(H,19,20,22). The van der Waals surface area contributed by atoms with Crippen LogP contribution >= 0.6 is 15.9 Å². The molecule has 0 aliphatic carbocycles. The highest BCUT2D eigenvalue weighted by Gasteiger charge is 2.23. The molecule has 1 unspecified atom stereocenters. The molecule has 0 bridgehead atoms. The summed E-state index contributed by atoms with van der Waals surface area (Å²) in [5.41, 5.74) is 0.537. The van der Waals surface area contributed by atoms with Crippen molar-refractivity contribution in [1.82, 2.24) is 10.1 Å². The normalized spacial score (nSPS) is 11.8. The SMILES string of the molecule is CCC(C)N(CC(=O)Nc1cc(C)on1)C(=O)c1cccc(Br)c1. The van der Waals surface area contributed by atoms with Gasteiger partial charge in [0.2, 0.25) is 5.91 Å². The average Bonchev–Trinajstić information content (AvgIpc) is 2.96. The fourth-order valence-electron chi connectivity index (χ4n) is 2.20. The summed E-state index contributed by atoms with van der Waals surface area (Å²) in [6, 6.07) is 8.69. The first-order valence-corrected chi connectivity index (χ1v) is 8.49. The van der Waals surface area contributed by atoms with Crippen LogP contribution in [0.3, 0.4) is 0 Å². The number of hydrogen-bond donors (Lipinski definition) is 1. The molecule has 128 valence electrons. The Labute approximate surface area is 149 Å². The van der Waals surface area contributed by atoms with E-state index >= 15 is 0 Å². The second kappa shape index (κ2) is 8.10. The molecule has 1 aromatic heterocycles. The predicted molar refractivity (Wildman–Crippen MR) is 94.8 cm³/mol. The molecular formula is C17H20BrN3O3. The van der Waals surface area contributed by atoms with E-state index in [4.69, 9.17) is 4.52 Å². The molecule has 0 aliphatic heterocycles. The predicted octanol–water partition coefficient (Wildman–Crippen LogP) is 3.62. The molecule has 2 rings (SSSR count). The van der Waals surface area contributed by atoms with Gasteiger partial charge in [-0.3, -0.25) is 9.59 Å². The Hall–Kier alpha value is -2.15. The largest absolute Gasteiger partial charge is 0.360 e. The number of carbonyl (C=O) groups excluding carboxylic acids is 2. The Bertz CT molecular complexity index is 729. The van der Waals surface area contributed by atoms with Crippen molar-refractivity contribution >= 4 is 33.6 Å². The van der Waals surface area contributed by atoms with Crippen LogP contribution in [0, 0.1) is 6.92 Å². The number of anilines is 1. The number of nitrogens with zero attached hydrogens (tertiary/aromatic N) is 2. The van der Waals surface area contributed by atoms with Gasteiger partial charge in [-0.1, -0.05) is 34.1 Å². The van der Waals surface area contributed by atoms with Gasteiger partial charge in [-0.2, -0.15) is 0 Å². The summed E-state index contributed by atoms with van der Waals surface area (Å²) in [4.78, 5) is 26.6. The Morgan fingerprint density at radius 3 is 2.71 bits per heavy atom. The highest BCUT2D eigenvalue weighted by molar-refractivity contribution is 9.10. The molecule has 0 saturated heterocycles. The van der Waals surface area contributed by atoms with Crippen molar-refractivity contribution in [1.29, 1.82) is 0 Å². The number of aryl methyl sites for hydroxylation is 1. The van der Waals surface area contributed by atoms with E-state index in [-0.39, 0.29) is 24.4 Å². The molecule has 0 aliphatic rings. The Morgan fingerprint density at radius 2 is 2.12 bits per heavy atom. The zero-order valence-electron chi connectivity index (χ0n) is 13.9. The number of halogens is 1. The number of amides is 2. The number of aromatic nitrogens is 1. The minimum absolute atomic E-state index is 0.0493. The second-order valence-electron chi connectivity index (χ2n) is 5.57. The molecule has 0 radical (unpaired) electrons. The minimum atomic E-state index is -0.313. The van der Waals surface area contributed by atoms with E-state index in [0.717, 1.165) is 10.9 Å². The molecule has 1 heterocycles. The van der Waals surface area contributed by atoms with Crippen molar-refractivity contribution in [2.45, 2.75) is 33.2 Å². The highest BCUT2D eigenvalue weighted by Crippen LogP contribution is 2.16. The molecule has 1 aromatic carbocycles. The molecule has 1 atom stereocenters. The molecule has 1 N–H and O–H groups in total. The van der Waals surface area contributed by atoms with Gasteiger partial charge in [0, 0.05) is 22.1 Å². The number of nitrogens with one attached hydrogen (secondary N) is 1. The average molecular weight is 394 g/mol. The van der Waals surface area contributed by atoms with Gasteiger partial charge in [-0.05, 0) is 38.5 Å². The maximum absolute atomic E-state index is 12.8. The lowest BCUT2D eigenvalue weighted by atomic mass is 10.1. The van der Waals surface area contributed by atoms with E-state index in [1.54, 1.807) is 36.1 Å². The van der Waals surface area contributed by atoms with E-state index in [1.165, 1.54) is 0 Å². The van der Waals surface area contributed by atoms with Gasteiger partial charge in [-0.15, -0.1) is 0 Å². The third kappa shape index (κ3) is 4.67. The Balaban J connectivity index is 2.13. The van der Waals surface area contributed by atoms with Crippen molar-refractivity contribution in [3.05, 3.63) is 46.1 Å². The first-order valence-electron chi connectivity index (χ1n) is 7.70. The van der Waals surface area contributed by atoms with Crippen LogP contribution in [0.25, 0.3) is 0 Å². The van der Waals surface area contributed by atoms with Gasteiger partial charge >= 0.3 is 0 Å². The first-order chi connectivity index (χ1) is 11.4. The van der Waals surface area contributed by atoms with Crippen molar-refractivity contribution in [3.8, 4) is 0 Å². The maximum Gasteiger partial charge on any atom is 0.254 e. The fourth-order valence-corrected chi connectivity index (χ4v) is 2.60. The highest BCUT2D eigenvalue weighted by atomic mass is 79.9. The number of rotatable bonds is 6. The molecular weight excluding hydrogens is 374 g/mol. The summed E-state index contributed by atoms with van der Waals surface area (Å²) in [6.07, 6.45) is 0.746. The molecule has 2 amide bonds. The summed E-state index contributed by atoms with van der Waals surface area (Å²) >= 11 is 3.36. The number of benzene rings is 1. The van der Waals surface area contributed by atoms with Crippen LogP contribution in [-0.2, 0) is 4.79 Å². The molecule has 6 nitrogen and oxygen atoms in total. The van der Waals surface area contributed by atoms with Crippen LogP contribution in [0.2, 0.25) is 0 Å². The van der Waals surface area contributed by atoms with Crippen molar-refractivity contribution < 1.29 is 14.1 Å². The summed E-state index contributed by atoms with van der Waals surface area (Å²) in [7, 11) is 0. The van der Waals surface area contributed by atoms with Crippen molar-refractivity contribution in [3.63, 3.8) is 0 Å². The van der Waals surface area contributed by atoms with Crippen LogP contribution in [0.5, 0.6) is 0 Å². The van der Waals surface area contributed by atoms with Crippen LogP contribution in [0.15, 0.2) is 39.3 Å². The van der Waals surface area contributed by atoms with Crippen LogP contribution in [0.4, 0.5) is 5.82 Å². The van der Waals surface area contributed by atoms with Crippen molar-refractivity contribution in [2.24, 2.45) is 0 Å². The lowest BCUT2D eigenvalue weighted by Crippen LogP contribution is -2.43. The quantitative estimate of drug-likeness (QED) is 0.812. The van der Waals surface area contributed by atoms with Crippen LogP contribution in [0.1, 0.15) is 36.4 Å². The lowest BCUT2D eigenvalue weighted by molar-refractivity contribution is -0.117. The van der Waals surface area contributed by atoms with Gasteiger partial charge in [0.1, 0.15) is 12.3 Å². The van der Waals surface area contributed by atoms with E-state index in [0.29, 0.717) is 17.1 Å². The molecule has 0 fully saturated rings. The van der Waals surface area contributed by atoms with E-state index in [9.17, 15) is 9.59 Å². The minimum Gasteiger partial charge on any atom is -0.360 e. The second-order valence-corrected chi connectivity index (χ2v) is 6.49. The molecule has 0 saturated carbocycles. The Kier molecular flexibility index (Phi) is 6.14. The maximum atomic E-state index is 12.8. The molecule has 7 heteroatoms. The van der Waals surface area contributed by atoms with Gasteiger partial charge in [0.15, 0.2) is 5.82 Å². The van der Waals surface area contributed by atoms with Gasteiger partial charge in [-0.25, -0.2) is 0 Å². The molecule has 24 heavy (non-hydrogen) atoms. The fraction of sp³-hybridized carbons (Fsp3) is 0.353. The van der Waals surface area contributed by atoms with E-state index < -0.39 is 0 Å². The summed E-state index contributed by atoms with van der Waals surface area (Å²) in [6.45, 7) is 5.59. The number of hydrogen-bond acceptors (Lipinski definition) is 4. The third-order valence-corrected chi connectivity index (χ3v) is 4.16. The Morgan fingerprint density at radius 1 is 1.38 bits per heavy atom. The van der Waals surface area contributed by atoms with Gasteiger partial charge in [0.25, 0.3) is 5.91 Å². The van der Waals surface area contributed by atoms with Gasteiger partial charge < -0.3 is 14.7 Å². The third-order valence-electron chi connectivity index (χ3n) is 3.66. The summed E-state index contributed by atoms with van der Waals surface area (Å²) in [5.74, 6) is 0.454. The topological polar surface area (TPSA) is 75.4 Å². The molecule has 0 spiro atoms. The summed E-state index contributed by atoms with van der Waals surface area (Å²) in [5, 5.41) is 6.37. The smallest absolute Gasteiger partial charge is 0.254 e. The van der Waals surface area contributed by atoms with E-state index in [1.807, 2.05) is 19.9 Å². The van der Waals surface area contributed by atoms with Crippen LogP contribution in [-0.4, -0.2) is 34.5 Å².